The second-order valence-corrected chi connectivity index (χ2v) is 6.69. The van der Waals surface area contributed by atoms with Crippen molar-refractivity contribution in [2.45, 2.75) is 39.5 Å². The average Bonchev–Trinajstić information content (AvgIpc) is 2.68. The van der Waals surface area contributed by atoms with E-state index in [2.05, 4.69) is 19.2 Å². The first-order chi connectivity index (χ1) is 13.0. The van der Waals surface area contributed by atoms with Gasteiger partial charge < -0.3 is 10.1 Å². The fourth-order valence-corrected chi connectivity index (χ4v) is 2.44. The summed E-state index contributed by atoms with van der Waals surface area (Å²) >= 11 is 0. The first kappa shape index (κ1) is 20.4. The van der Waals surface area contributed by atoms with Gasteiger partial charge in [-0.15, -0.1) is 0 Å². The Hall–Kier alpha value is -2.88. The Bertz CT molecular complexity index is 774. The highest BCUT2D eigenvalue weighted by molar-refractivity contribution is 6.04. The van der Waals surface area contributed by atoms with Crippen molar-refractivity contribution in [2.75, 3.05) is 11.9 Å². The van der Waals surface area contributed by atoms with E-state index in [1.807, 2.05) is 31.2 Å². The van der Waals surface area contributed by atoms with E-state index >= 15 is 0 Å². The van der Waals surface area contributed by atoms with E-state index in [-0.39, 0.29) is 11.8 Å². The zero-order chi connectivity index (χ0) is 19.6. The van der Waals surface area contributed by atoms with Crippen molar-refractivity contribution in [3.05, 3.63) is 77.5 Å². The summed E-state index contributed by atoms with van der Waals surface area (Å²) in [6.45, 7) is 6.74. The molecule has 2 rings (SSSR count). The lowest BCUT2D eigenvalue weighted by atomic mass is 10.0. The Morgan fingerprint density at radius 2 is 1.63 bits per heavy atom. The SMILES string of the molecule is CCCCOC(=O)c1ccc(NC=CC(=O)c2ccc(C(C)C)cc2)cc1. The van der Waals surface area contributed by atoms with Gasteiger partial charge in [0.25, 0.3) is 0 Å². The molecule has 2 aromatic carbocycles. The van der Waals surface area contributed by atoms with Gasteiger partial charge in [0.15, 0.2) is 5.78 Å². The molecule has 27 heavy (non-hydrogen) atoms. The molecule has 0 bridgehead atoms. The molecular formula is C23H27NO3. The van der Waals surface area contributed by atoms with Gasteiger partial charge in [0.05, 0.1) is 12.2 Å². The van der Waals surface area contributed by atoms with Crippen LogP contribution in [0.5, 0.6) is 0 Å². The lowest BCUT2D eigenvalue weighted by Gasteiger charge is -2.06. The predicted molar refractivity (Wildman–Crippen MR) is 109 cm³/mol. The van der Waals surface area contributed by atoms with E-state index < -0.39 is 0 Å². The molecule has 0 radical (unpaired) electrons. The van der Waals surface area contributed by atoms with Crippen molar-refractivity contribution in [1.82, 2.24) is 0 Å². The Morgan fingerprint density at radius 3 is 2.22 bits per heavy atom. The van der Waals surface area contributed by atoms with Crippen molar-refractivity contribution >= 4 is 17.4 Å². The van der Waals surface area contributed by atoms with Gasteiger partial charge in [0, 0.05) is 23.5 Å². The minimum absolute atomic E-state index is 0.0612. The van der Waals surface area contributed by atoms with Crippen LogP contribution < -0.4 is 5.32 Å². The van der Waals surface area contributed by atoms with Gasteiger partial charge in [-0.3, -0.25) is 4.79 Å². The lowest BCUT2D eigenvalue weighted by molar-refractivity contribution is 0.0499. The number of carbonyl (C=O) groups excluding carboxylic acids is 2. The number of benzene rings is 2. The summed E-state index contributed by atoms with van der Waals surface area (Å²) in [5.74, 6) is 0.0674. The van der Waals surface area contributed by atoms with Crippen LogP contribution in [0, 0.1) is 0 Å². The summed E-state index contributed by atoms with van der Waals surface area (Å²) in [5, 5.41) is 3.04. The minimum Gasteiger partial charge on any atom is -0.462 e. The van der Waals surface area contributed by atoms with Crippen LogP contribution in [-0.4, -0.2) is 18.4 Å². The molecule has 2 aromatic rings. The van der Waals surface area contributed by atoms with E-state index in [1.165, 1.54) is 11.6 Å². The molecule has 0 spiro atoms. The van der Waals surface area contributed by atoms with Crippen molar-refractivity contribution in [2.24, 2.45) is 0 Å². The van der Waals surface area contributed by atoms with E-state index in [4.69, 9.17) is 4.74 Å². The van der Waals surface area contributed by atoms with Crippen molar-refractivity contribution in [1.29, 1.82) is 0 Å². The predicted octanol–water partition coefficient (Wildman–Crippen LogP) is 5.58. The second-order valence-electron chi connectivity index (χ2n) is 6.69. The molecule has 0 fully saturated rings. The Labute approximate surface area is 161 Å². The fourth-order valence-electron chi connectivity index (χ4n) is 2.44. The third-order valence-corrected chi connectivity index (χ3v) is 4.20. The molecule has 0 aliphatic carbocycles. The topological polar surface area (TPSA) is 55.4 Å². The molecule has 1 N–H and O–H groups in total. The number of hydrogen-bond acceptors (Lipinski definition) is 4. The molecule has 0 atom stereocenters. The lowest BCUT2D eigenvalue weighted by Crippen LogP contribution is -2.06. The zero-order valence-electron chi connectivity index (χ0n) is 16.2. The van der Waals surface area contributed by atoms with Crippen LogP contribution in [0.25, 0.3) is 0 Å². The van der Waals surface area contributed by atoms with Crippen LogP contribution >= 0.6 is 0 Å². The van der Waals surface area contributed by atoms with E-state index in [1.54, 1.807) is 30.5 Å². The number of ketones is 1. The summed E-state index contributed by atoms with van der Waals surface area (Å²) in [4.78, 5) is 24.1. The highest BCUT2D eigenvalue weighted by Crippen LogP contribution is 2.15. The van der Waals surface area contributed by atoms with E-state index in [9.17, 15) is 9.59 Å². The summed E-state index contributed by atoms with van der Waals surface area (Å²) < 4.78 is 5.18. The number of nitrogens with one attached hydrogen (secondary N) is 1. The third kappa shape index (κ3) is 6.41. The van der Waals surface area contributed by atoms with Crippen LogP contribution in [0.3, 0.4) is 0 Å². The molecular weight excluding hydrogens is 338 g/mol. The Morgan fingerprint density at radius 1 is 1.00 bits per heavy atom. The molecule has 4 nitrogen and oxygen atoms in total. The number of anilines is 1. The largest absolute Gasteiger partial charge is 0.462 e. The fraction of sp³-hybridized carbons (Fsp3) is 0.304. The molecule has 0 saturated carbocycles. The third-order valence-electron chi connectivity index (χ3n) is 4.20. The molecule has 0 saturated heterocycles. The van der Waals surface area contributed by atoms with Crippen molar-refractivity contribution in [3.63, 3.8) is 0 Å². The van der Waals surface area contributed by atoms with Crippen LogP contribution in [0.15, 0.2) is 60.8 Å². The highest BCUT2D eigenvalue weighted by atomic mass is 16.5. The summed E-state index contributed by atoms with van der Waals surface area (Å²) in [6, 6.07) is 14.6. The number of esters is 1. The second kappa shape index (κ2) is 10.3. The summed E-state index contributed by atoms with van der Waals surface area (Å²) in [5.41, 5.74) is 3.17. The maximum Gasteiger partial charge on any atom is 0.338 e. The molecule has 0 aliphatic heterocycles. The summed E-state index contributed by atoms with van der Waals surface area (Å²) in [6.07, 6.45) is 4.96. The van der Waals surface area contributed by atoms with Gasteiger partial charge in [-0.05, 0) is 42.2 Å². The number of carbonyl (C=O) groups is 2. The molecule has 142 valence electrons. The molecule has 0 aromatic heterocycles. The monoisotopic (exact) mass is 365 g/mol. The molecule has 0 unspecified atom stereocenters. The maximum atomic E-state index is 12.2. The Kier molecular flexibility index (Phi) is 7.80. The molecule has 4 heteroatoms. The van der Waals surface area contributed by atoms with Crippen LogP contribution in [0.2, 0.25) is 0 Å². The Balaban J connectivity index is 1.88. The van der Waals surface area contributed by atoms with Gasteiger partial charge in [-0.1, -0.05) is 51.5 Å². The summed E-state index contributed by atoms with van der Waals surface area (Å²) in [7, 11) is 0. The quantitative estimate of drug-likeness (QED) is 0.273. The highest BCUT2D eigenvalue weighted by Gasteiger charge is 2.06. The number of rotatable bonds is 9. The van der Waals surface area contributed by atoms with Gasteiger partial charge in [-0.25, -0.2) is 4.79 Å². The number of ether oxygens (including phenoxy) is 1. The maximum absolute atomic E-state index is 12.2. The molecule has 0 heterocycles. The van der Waals surface area contributed by atoms with Crippen molar-refractivity contribution in [3.8, 4) is 0 Å². The van der Waals surface area contributed by atoms with E-state index in [0.717, 1.165) is 18.5 Å². The number of hydrogen-bond donors (Lipinski definition) is 1. The van der Waals surface area contributed by atoms with Crippen LogP contribution in [0.1, 0.15) is 65.8 Å². The normalized spacial score (nSPS) is 11.0. The molecule has 0 aliphatic rings. The smallest absolute Gasteiger partial charge is 0.338 e. The zero-order valence-corrected chi connectivity index (χ0v) is 16.2. The van der Waals surface area contributed by atoms with Gasteiger partial charge in [0.2, 0.25) is 0 Å². The van der Waals surface area contributed by atoms with E-state index in [0.29, 0.717) is 23.7 Å². The van der Waals surface area contributed by atoms with Crippen LogP contribution in [-0.2, 0) is 4.74 Å². The van der Waals surface area contributed by atoms with Crippen molar-refractivity contribution < 1.29 is 14.3 Å². The average molecular weight is 365 g/mol. The number of unbranched alkanes of at least 4 members (excludes halogenated alkanes) is 1. The number of allylic oxidation sites excluding steroid dienone is 1. The standard InChI is InChI=1S/C23H27NO3/c1-4-5-16-27-23(26)20-10-12-21(13-11-20)24-15-14-22(25)19-8-6-18(7-9-19)17(2)3/h6-15,17,24H,4-5,16H2,1-3H3. The van der Waals surface area contributed by atoms with Gasteiger partial charge >= 0.3 is 5.97 Å². The minimum atomic E-state index is -0.314. The first-order valence-electron chi connectivity index (χ1n) is 9.35. The van der Waals surface area contributed by atoms with Gasteiger partial charge in [0.1, 0.15) is 0 Å². The molecule has 0 amide bonds. The van der Waals surface area contributed by atoms with Crippen LogP contribution in [0.4, 0.5) is 5.69 Å². The first-order valence-corrected chi connectivity index (χ1v) is 9.35. The van der Waals surface area contributed by atoms with Gasteiger partial charge in [-0.2, -0.15) is 0 Å².